The third-order valence-electron chi connectivity index (χ3n) is 4.52. The van der Waals surface area contributed by atoms with Crippen LogP contribution in [-0.2, 0) is 9.53 Å². The molecule has 3 aromatic carbocycles. The molecular weight excluding hydrogens is 363 g/mol. The van der Waals surface area contributed by atoms with Crippen LogP contribution in [0.2, 0.25) is 0 Å². The number of carbonyl (C=O) groups is 1. The number of rotatable bonds is 8. The van der Waals surface area contributed by atoms with E-state index in [1.165, 1.54) is 0 Å². The number of ether oxygens (including phenoxy) is 1. The van der Waals surface area contributed by atoms with Gasteiger partial charge in [0.2, 0.25) is 0 Å². The maximum absolute atomic E-state index is 13.0. The molecule has 0 aromatic heterocycles. The molecule has 0 amide bonds. The average Bonchev–Trinajstić information content (AvgIpc) is 2.77. The molecule has 0 spiro atoms. The van der Waals surface area contributed by atoms with Gasteiger partial charge in [0.05, 0.1) is 6.61 Å². The van der Waals surface area contributed by atoms with Crippen molar-refractivity contribution in [3.63, 3.8) is 0 Å². The lowest BCUT2D eigenvalue weighted by atomic mass is 10.4. The number of hydrogen-bond donors (Lipinski definition) is 0. The summed E-state index contributed by atoms with van der Waals surface area (Å²) in [6.07, 6.45) is 3.82. The summed E-state index contributed by atoms with van der Waals surface area (Å²) in [7, 11) is 0. The molecule has 3 rings (SSSR count). The average molecular weight is 388 g/mol. The minimum Gasteiger partial charge on any atom is -0.369 e. The van der Waals surface area contributed by atoms with Gasteiger partial charge < -0.3 is 4.74 Å². The lowest BCUT2D eigenvalue weighted by molar-refractivity contribution is -0.116. The van der Waals surface area contributed by atoms with Crippen molar-refractivity contribution in [2.75, 3.05) is 13.2 Å². The van der Waals surface area contributed by atoms with Crippen LogP contribution in [0.4, 0.5) is 0 Å². The molecule has 0 N–H and O–H groups in total. The highest BCUT2D eigenvalue weighted by atomic mass is 31.2. The van der Waals surface area contributed by atoms with Gasteiger partial charge in [-0.25, -0.2) is 0 Å². The Morgan fingerprint density at radius 1 is 0.786 bits per heavy atom. The fourth-order valence-corrected chi connectivity index (χ4v) is 7.01. The number of allylic oxidation sites excluding steroid dienone is 1. The van der Waals surface area contributed by atoms with Crippen molar-refractivity contribution in [3.05, 3.63) is 103 Å². The third kappa shape index (κ3) is 4.59. The molecule has 0 radical (unpaired) electrons. The minimum absolute atomic E-state index is 0.00870. The molecule has 0 saturated carbocycles. The summed E-state index contributed by atoms with van der Waals surface area (Å²) in [5.41, 5.74) is 0. The van der Waals surface area contributed by atoms with E-state index < -0.39 is 6.89 Å². The minimum atomic E-state index is -2.24. The van der Waals surface area contributed by atoms with Crippen molar-refractivity contribution in [1.82, 2.24) is 0 Å². The van der Waals surface area contributed by atoms with Gasteiger partial charge in [0, 0.05) is 0 Å². The number of hydrogen-bond acceptors (Lipinski definition) is 2. The van der Waals surface area contributed by atoms with E-state index in [0.717, 1.165) is 15.9 Å². The van der Waals surface area contributed by atoms with Gasteiger partial charge >= 0.3 is 0 Å². The highest BCUT2D eigenvalue weighted by molar-refractivity contribution is 7.95. The van der Waals surface area contributed by atoms with Crippen LogP contribution in [0.25, 0.3) is 0 Å². The standard InChI is InChI=1S/C25H25O2P/c1-2-3-19-27-20-22(26)21-28(23-13-7-4-8-14-23,24-15-9-5-10-16-24)25-17-11-6-12-18-25/h2-18,21H,19-20H2,1H3. The molecule has 3 aromatic rings. The van der Waals surface area contributed by atoms with Gasteiger partial charge in [0.25, 0.3) is 0 Å². The Hall–Kier alpha value is -2.67. The number of benzene rings is 3. The predicted octanol–water partition coefficient (Wildman–Crippen LogP) is 3.94. The van der Waals surface area contributed by atoms with E-state index in [1.807, 2.05) is 79.5 Å². The maximum Gasteiger partial charge on any atom is 0.182 e. The lowest BCUT2D eigenvalue weighted by Gasteiger charge is -2.28. The quantitative estimate of drug-likeness (QED) is 0.332. The van der Waals surface area contributed by atoms with E-state index >= 15 is 0 Å². The second-order valence-corrected chi connectivity index (χ2v) is 9.66. The summed E-state index contributed by atoms with van der Waals surface area (Å²) in [6.45, 7) is 0.231. The second-order valence-electron chi connectivity index (χ2n) is 6.41. The van der Waals surface area contributed by atoms with E-state index in [1.54, 1.807) is 0 Å². The van der Waals surface area contributed by atoms with Gasteiger partial charge in [0.15, 0.2) is 5.78 Å². The zero-order valence-corrected chi connectivity index (χ0v) is 17.0. The van der Waals surface area contributed by atoms with Gasteiger partial charge in [-0.2, -0.15) is 0 Å². The van der Waals surface area contributed by atoms with Crippen LogP contribution in [0, 0.1) is 0 Å². The molecule has 142 valence electrons. The highest BCUT2D eigenvalue weighted by Crippen LogP contribution is 2.43. The van der Waals surface area contributed by atoms with Crippen LogP contribution in [0.5, 0.6) is 0 Å². The summed E-state index contributed by atoms with van der Waals surface area (Å²) in [6, 6.07) is 31.0. The zero-order chi connectivity index (χ0) is 19.7. The predicted molar refractivity (Wildman–Crippen MR) is 122 cm³/mol. The van der Waals surface area contributed by atoms with Gasteiger partial charge in [-0.3, -0.25) is 4.79 Å². The SMILES string of the molecule is CC=CCOCC(=O)C=P(c1ccccc1)(c1ccccc1)c1ccccc1. The van der Waals surface area contributed by atoms with Crippen LogP contribution in [0.3, 0.4) is 0 Å². The highest BCUT2D eigenvalue weighted by Gasteiger charge is 2.26. The van der Waals surface area contributed by atoms with Gasteiger partial charge in [-0.1, -0.05) is 103 Å². The monoisotopic (exact) mass is 388 g/mol. The molecule has 3 heteroatoms. The Morgan fingerprint density at radius 3 is 1.61 bits per heavy atom. The molecule has 2 nitrogen and oxygen atoms in total. The molecule has 0 bridgehead atoms. The summed E-state index contributed by atoms with van der Waals surface area (Å²) < 4.78 is 5.54. The van der Waals surface area contributed by atoms with E-state index in [-0.39, 0.29) is 12.4 Å². The van der Waals surface area contributed by atoms with Gasteiger partial charge in [-0.15, -0.1) is 0 Å². The van der Waals surface area contributed by atoms with Crippen molar-refractivity contribution in [3.8, 4) is 0 Å². The van der Waals surface area contributed by atoms with Crippen LogP contribution in [0.15, 0.2) is 103 Å². The Bertz CT molecular complexity index is 858. The molecule has 28 heavy (non-hydrogen) atoms. The summed E-state index contributed by atoms with van der Waals surface area (Å²) in [4.78, 5) is 13.0. The first-order valence-corrected chi connectivity index (χ1v) is 11.3. The first kappa shape index (κ1) is 20.1. The Balaban J connectivity index is 2.20. The normalized spacial score (nSPS) is 11.5. The molecule has 0 heterocycles. The molecule has 0 aliphatic heterocycles. The van der Waals surface area contributed by atoms with Crippen LogP contribution in [-0.4, -0.2) is 24.8 Å². The largest absolute Gasteiger partial charge is 0.369 e. The fourth-order valence-electron chi connectivity index (χ4n) is 3.24. The smallest absolute Gasteiger partial charge is 0.182 e. The van der Waals surface area contributed by atoms with E-state index in [9.17, 15) is 4.79 Å². The molecule has 0 aliphatic carbocycles. The molecule has 0 atom stereocenters. The Labute approximate surface area is 167 Å². The molecular formula is C25H25O2P. The Kier molecular flexibility index (Phi) is 7.19. The first-order chi connectivity index (χ1) is 13.8. The topological polar surface area (TPSA) is 26.3 Å². The number of carbonyl (C=O) groups excluding carboxylic acids is 1. The van der Waals surface area contributed by atoms with Crippen molar-refractivity contribution in [2.24, 2.45) is 0 Å². The van der Waals surface area contributed by atoms with Crippen molar-refractivity contribution < 1.29 is 9.53 Å². The van der Waals surface area contributed by atoms with Crippen LogP contribution < -0.4 is 15.9 Å². The first-order valence-electron chi connectivity index (χ1n) is 9.40. The second kappa shape index (κ2) is 10.0. The number of ketones is 1. The van der Waals surface area contributed by atoms with Crippen LogP contribution in [0.1, 0.15) is 6.92 Å². The Morgan fingerprint density at radius 2 is 1.21 bits per heavy atom. The molecule has 0 saturated heterocycles. The summed E-state index contributed by atoms with van der Waals surface area (Å²) >= 11 is 0. The van der Waals surface area contributed by atoms with E-state index in [2.05, 4.69) is 36.4 Å². The number of Topliss-reactive ketones (excluding diaryl/α,β-unsaturated/α-hetero) is 1. The van der Waals surface area contributed by atoms with Crippen molar-refractivity contribution in [1.29, 1.82) is 0 Å². The van der Waals surface area contributed by atoms with E-state index in [4.69, 9.17) is 4.74 Å². The third-order valence-corrected chi connectivity index (χ3v) is 8.54. The van der Waals surface area contributed by atoms with Crippen LogP contribution >= 0.6 is 6.89 Å². The van der Waals surface area contributed by atoms with Gasteiger partial charge in [-0.05, 0) is 35.5 Å². The van der Waals surface area contributed by atoms with Crippen molar-refractivity contribution >= 4 is 34.4 Å². The van der Waals surface area contributed by atoms with Gasteiger partial charge in [0.1, 0.15) is 6.61 Å². The lowest BCUT2D eigenvalue weighted by Crippen LogP contribution is -2.29. The molecule has 0 aliphatic rings. The van der Waals surface area contributed by atoms with Crippen molar-refractivity contribution in [2.45, 2.75) is 6.92 Å². The molecule has 0 fully saturated rings. The zero-order valence-electron chi connectivity index (χ0n) is 16.1. The summed E-state index contributed by atoms with van der Waals surface area (Å²) in [5, 5.41) is 3.48. The fraction of sp³-hybridized carbons (Fsp3) is 0.120. The molecule has 0 unspecified atom stereocenters. The summed E-state index contributed by atoms with van der Waals surface area (Å²) in [5.74, 6) is 1.93. The maximum atomic E-state index is 13.0. The van der Waals surface area contributed by atoms with E-state index in [0.29, 0.717) is 6.61 Å².